The highest BCUT2D eigenvalue weighted by atomic mass is 35.5. The maximum atomic E-state index is 13.3. The van der Waals surface area contributed by atoms with Gasteiger partial charge in [0, 0.05) is 12.1 Å². The van der Waals surface area contributed by atoms with Gasteiger partial charge in [0.2, 0.25) is 0 Å². The van der Waals surface area contributed by atoms with Crippen molar-refractivity contribution < 1.29 is 9.28 Å². The summed E-state index contributed by atoms with van der Waals surface area (Å²) in [6.07, 6.45) is 1.02. The van der Waals surface area contributed by atoms with E-state index >= 15 is 0 Å². The number of hydrogen-bond donors (Lipinski definition) is 0. The second-order valence-corrected chi connectivity index (χ2v) is 7.93. The average Bonchev–Trinajstić information content (AvgIpc) is 2.87. The van der Waals surface area contributed by atoms with E-state index in [1.165, 1.54) is 5.56 Å². The zero-order valence-electron chi connectivity index (χ0n) is 14.1. The minimum atomic E-state index is 0.0211. The van der Waals surface area contributed by atoms with Crippen LogP contribution in [0.2, 0.25) is 5.02 Å². The Morgan fingerprint density at radius 1 is 1.12 bits per heavy atom. The van der Waals surface area contributed by atoms with Gasteiger partial charge >= 0.3 is 0 Å². The van der Waals surface area contributed by atoms with Gasteiger partial charge in [-0.3, -0.25) is 4.79 Å². The molecule has 0 bridgehead atoms. The number of fused-ring (bicyclic) bond motifs is 3. The van der Waals surface area contributed by atoms with Crippen molar-refractivity contribution in [2.75, 3.05) is 32.1 Å². The minimum Gasteiger partial charge on any atom is -0.328 e. The normalized spacial score (nSPS) is 24.4. The molecule has 0 spiro atoms. The van der Waals surface area contributed by atoms with Crippen molar-refractivity contribution in [3.63, 3.8) is 0 Å². The Bertz CT molecular complexity index is 802. The van der Waals surface area contributed by atoms with E-state index in [9.17, 15) is 4.79 Å². The van der Waals surface area contributed by atoms with Crippen LogP contribution < -0.4 is 4.90 Å². The largest absolute Gasteiger partial charge is 0.328 e. The molecule has 2 aromatic carbocycles. The summed E-state index contributed by atoms with van der Waals surface area (Å²) in [4.78, 5) is 15.3. The number of benzene rings is 2. The molecule has 2 aliphatic rings. The molecule has 4 rings (SSSR count). The van der Waals surface area contributed by atoms with Crippen LogP contribution >= 0.6 is 11.6 Å². The number of quaternary nitrogens is 1. The quantitative estimate of drug-likeness (QED) is 0.720. The number of rotatable bonds is 1. The predicted molar refractivity (Wildman–Crippen MR) is 97.7 cm³/mol. The summed E-state index contributed by atoms with van der Waals surface area (Å²) in [5.74, 6) is 0.421. The first-order chi connectivity index (χ1) is 11.5. The standard InChI is InChI=1S/C20H22ClN2O/c1-23(2)12-11-19-16(13-23)14-7-4-6-10-18(14)22(19)20(24)15-8-3-5-9-17(15)21/h3-10,16,19H,11-13H2,1-2H3/q+1/t16-,19+/m1/s1. The smallest absolute Gasteiger partial charge is 0.260 e. The molecule has 0 aromatic heterocycles. The van der Waals surface area contributed by atoms with Gasteiger partial charge in [0.15, 0.2) is 0 Å². The van der Waals surface area contributed by atoms with E-state index in [1.54, 1.807) is 6.07 Å². The van der Waals surface area contributed by atoms with Crippen molar-refractivity contribution in [3.05, 3.63) is 64.7 Å². The Morgan fingerprint density at radius 3 is 2.62 bits per heavy atom. The zero-order valence-corrected chi connectivity index (χ0v) is 14.8. The van der Waals surface area contributed by atoms with Crippen molar-refractivity contribution in [1.82, 2.24) is 0 Å². The number of carbonyl (C=O) groups excluding carboxylic acids is 1. The van der Waals surface area contributed by atoms with Crippen molar-refractivity contribution in [3.8, 4) is 0 Å². The lowest BCUT2D eigenvalue weighted by Gasteiger charge is -2.41. The number of likely N-dealkylation sites (tertiary alicyclic amines) is 1. The van der Waals surface area contributed by atoms with Gasteiger partial charge in [0.05, 0.1) is 49.7 Å². The summed E-state index contributed by atoms with van der Waals surface area (Å²) >= 11 is 6.29. The second kappa shape index (κ2) is 5.61. The van der Waals surface area contributed by atoms with Crippen LogP contribution in [-0.2, 0) is 0 Å². The van der Waals surface area contributed by atoms with Gasteiger partial charge in [0.1, 0.15) is 0 Å². The monoisotopic (exact) mass is 341 g/mol. The Labute approximate surface area is 148 Å². The number of likely N-dealkylation sites (N-methyl/N-ethyl adjacent to an activating group) is 1. The molecule has 4 heteroatoms. The second-order valence-electron chi connectivity index (χ2n) is 7.52. The topological polar surface area (TPSA) is 20.3 Å². The van der Waals surface area contributed by atoms with E-state index < -0.39 is 0 Å². The van der Waals surface area contributed by atoms with Gasteiger partial charge in [-0.25, -0.2) is 0 Å². The Hall–Kier alpha value is -1.84. The highest BCUT2D eigenvalue weighted by Crippen LogP contribution is 2.46. The van der Waals surface area contributed by atoms with E-state index in [2.05, 4.69) is 32.3 Å². The molecular formula is C20H22ClN2O+. The molecule has 2 heterocycles. The van der Waals surface area contributed by atoms with Crippen LogP contribution in [0.5, 0.6) is 0 Å². The predicted octanol–water partition coefficient (Wildman–Crippen LogP) is 3.93. The van der Waals surface area contributed by atoms with Crippen LogP contribution in [0.3, 0.4) is 0 Å². The number of hydrogen-bond acceptors (Lipinski definition) is 1. The third-order valence-corrected chi connectivity index (χ3v) is 5.77. The Balaban J connectivity index is 1.79. The molecule has 0 radical (unpaired) electrons. The molecule has 0 aliphatic carbocycles. The maximum absolute atomic E-state index is 13.3. The molecule has 124 valence electrons. The number of para-hydroxylation sites is 1. The summed E-state index contributed by atoms with van der Waals surface area (Å²) in [5.41, 5.74) is 2.95. The highest BCUT2D eigenvalue weighted by Gasteiger charge is 2.47. The molecule has 0 saturated carbocycles. The summed E-state index contributed by atoms with van der Waals surface area (Å²) in [5, 5.41) is 0.523. The summed E-state index contributed by atoms with van der Waals surface area (Å²) in [7, 11) is 4.55. The van der Waals surface area contributed by atoms with E-state index in [1.807, 2.05) is 29.2 Å². The molecule has 0 N–H and O–H groups in total. The van der Waals surface area contributed by atoms with Crippen LogP contribution in [0.4, 0.5) is 5.69 Å². The van der Waals surface area contributed by atoms with Gasteiger partial charge in [-0.1, -0.05) is 41.9 Å². The van der Waals surface area contributed by atoms with Gasteiger partial charge < -0.3 is 9.38 Å². The third-order valence-electron chi connectivity index (χ3n) is 5.44. The molecule has 2 aromatic rings. The first kappa shape index (κ1) is 15.7. The first-order valence-electron chi connectivity index (χ1n) is 8.47. The lowest BCUT2D eigenvalue weighted by Crippen LogP contribution is -2.54. The molecule has 0 unspecified atom stereocenters. The fourth-order valence-electron chi connectivity index (χ4n) is 4.27. The maximum Gasteiger partial charge on any atom is 0.260 e. The Morgan fingerprint density at radius 2 is 1.83 bits per heavy atom. The van der Waals surface area contributed by atoms with Crippen molar-refractivity contribution >= 4 is 23.2 Å². The molecule has 2 atom stereocenters. The minimum absolute atomic E-state index is 0.0211. The SMILES string of the molecule is C[N+]1(C)CC[C@H]2[C@H](C1)c1ccccc1N2C(=O)c1ccccc1Cl. The molecule has 3 nitrogen and oxygen atoms in total. The molecule has 1 fully saturated rings. The number of amides is 1. The van der Waals surface area contributed by atoms with E-state index in [4.69, 9.17) is 11.6 Å². The van der Waals surface area contributed by atoms with Crippen LogP contribution in [-0.4, -0.2) is 43.6 Å². The van der Waals surface area contributed by atoms with Gasteiger partial charge in [-0.05, 0) is 23.8 Å². The average molecular weight is 342 g/mol. The van der Waals surface area contributed by atoms with Crippen LogP contribution in [0.25, 0.3) is 0 Å². The summed E-state index contributed by atoms with van der Waals surface area (Å²) in [6.45, 7) is 2.15. The molecular weight excluding hydrogens is 320 g/mol. The first-order valence-corrected chi connectivity index (χ1v) is 8.85. The van der Waals surface area contributed by atoms with E-state index in [0.717, 1.165) is 29.7 Å². The number of halogens is 1. The summed E-state index contributed by atoms with van der Waals surface area (Å²) < 4.78 is 1.00. The number of nitrogens with zero attached hydrogens (tertiary/aromatic N) is 2. The Kier molecular flexibility index (Phi) is 3.66. The molecule has 1 saturated heterocycles. The van der Waals surface area contributed by atoms with E-state index in [-0.39, 0.29) is 11.9 Å². The van der Waals surface area contributed by atoms with Crippen molar-refractivity contribution in [2.24, 2.45) is 0 Å². The fourth-order valence-corrected chi connectivity index (χ4v) is 4.48. The fraction of sp³-hybridized carbons (Fsp3) is 0.350. The highest BCUT2D eigenvalue weighted by molar-refractivity contribution is 6.34. The molecule has 24 heavy (non-hydrogen) atoms. The number of piperidine rings is 1. The number of carbonyl (C=O) groups is 1. The van der Waals surface area contributed by atoms with Crippen LogP contribution in [0, 0.1) is 0 Å². The van der Waals surface area contributed by atoms with Gasteiger partial charge in [-0.2, -0.15) is 0 Å². The van der Waals surface area contributed by atoms with Gasteiger partial charge in [-0.15, -0.1) is 0 Å². The van der Waals surface area contributed by atoms with Crippen molar-refractivity contribution in [2.45, 2.75) is 18.4 Å². The number of anilines is 1. The lowest BCUT2D eigenvalue weighted by molar-refractivity contribution is -0.896. The molecule has 2 aliphatic heterocycles. The van der Waals surface area contributed by atoms with Crippen LogP contribution in [0.1, 0.15) is 28.3 Å². The lowest BCUT2D eigenvalue weighted by atomic mass is 9.88. The summed E-state index contributed by atoms with van der Waals surface area (Å²) in [6, 6.07) is 15.9. The third kappa shape index (κ3) is 2.43. The van der Waals surface area contributed by atoms with E-state index in [0.29, 0.717) is 16.5 Å². The zero-order chi connectivity index (χ0) is 16.9. The van der Waals surface area contributed by atoms with Crippen LogP contribution in [0.15, 0.2) is 48.5 Å². The van der Waals surface area contributed by atoms with Crippen molar-refractivity contribution in [1.29, 1.82) is 0 Å². The molecule has 1 amide bonds. The van der Waals surface area contributed by atoms with Gasteiger partial charge in [0.25, 0.3) is 5.91 Å².